The molecule has 218 valence electrons. The zero-order valence-electron chi connectivity index (χ0n) is 22.7. The molecule has 13 heteroatoms. The maximum absolute atomic E-state index is 13.8. The highest BCUT2D eigenvalue weighted by atomic mass is 35.5. The Morgan fingerprint density at radius 2 is 1.81 bits per heavy atom. The number of carbonyl (C=O) groups is 1. The number of hydrogen-bond donors (Lipinski definition) is 3. The molecule has 2 aromatic heterocycles. The van der Waals surface area contributed by atoms with Crippen LogP contribution in [0.3, 0.4) is 0 Å². The van der Waals surface area contributed by atoms with Gasteiger partial charge in [-0.15, -0.1) is 5.10 Å². The van der Waals surface area contributed by atoms with Crippen molar-refractivity contribution < 1.29 is 18.7 Å². The van der Waals surface area contributed by atoms with Crippen LogP contribution >= 0.6 is 23.2 Å². The fourth-order valence-corrected chi connectivity index (χ4v) is 5.04. The summed E-state index contributed by atoms with van der Waals surface area (Å²) in [7, 11) is 0. The van der Waals surface area contributed by atoms with Crippen molar-refractivity contribution >= 4 is 57.1 Å². The Labute approximate surface area is 254 Å². The highest BCUT2D eigenvalue weighted by Gasteiger charge is 2.28. The van der Waals surface area contributed by atoms with E-state index in [1.165, 1.54) is 41.2 Å². The lowest BCUT2D eigenvalue weighted by Gasteiger charge is -2.23. The molecule has 5 aromatic rings. The molecule has 43 heavy (non-hydrogen) atoms. The van der Waals surface area contributed by atoms with Gasteiger partial charge in [0.1, 0.15) is 23.4 Å². The van der Waals surface area contributed by atoms with Gasteiger partial charge in [-0.1, -0.05) is 40.5 Å². The van der Waals surface area contributed by atoms with Crippen LogP contribution in [0.1, 0.15) is 43.1 Å². The van der Waals surface area contributed by atoms with Gasteiger partial charge in [-0.2, -0.15) is 5.26 Å². The Kier molecular flexibility index (Phi) is 8.17. The molecule has 5 rings (SSSR count). The number of pyridine rings is 1. The van der Waals surface area contributed by atoms with Gasteiger partial charge in [0.15, 0.2) is 0 Å². The summed E-state index contributed by atoms with van der Waals surface area (Å²) in [6, 6.07) is 14.7. The molecule has 2 heterocycles. The molecular weight excluding hydrogens is 599 g/mol. The van der Waals surface area contributed by atoms with E-state index < -0.39 is 29.2 Å². The first kappa shape index (κ1) is 29.7. The number of hydrogen-bond acceptors (Lipinski definition) is 7. The predicted molar refractivity (Wildman–Crippen MR) is 160 cm³/mol. The molecule has 0 aliphatic heterocycles. The molecule has 0 bridgehead atoms. The molecule has 0 aliphatic carbocycles. The summed E-state index contributed by atoms with van der Waals surface area (Å²) in [6.07, 6.45) is 2.83. The number of nitriles is 1. The third-order valence-corrected chi connectivity index (χ3v) is 7.34. The van der Waals surface area contributed by atoms with Crippen molar-refractivity contribution in [3.05, 3.63) is 105 Å². The molecule has 0 saturated carbocycles. The largest absolute Gasteiger partial charge is 0.481 e. The minimum Gasteiger partial charge on any atom is -0.481 e. The maximum Gasteiger partial charge on any atom is 0.305 e. The van der Waals surface area contributed by atoms with Crippen LogP contribution in [0.2, 0.25) is 10.0 Å². The third kappa shape index (κ3) is 6.35. The van der Waals surface area contributed by atoms with Crippen LogP contribution in [0, 0.1) is 23.0 Å². The summed E-state index contributed by atoms with van der Waals surface area (Å²) < 4.78 is 29.1. The molecule has 0 amide bonds. The first-order valence-electron chi connectivity index (χ1n) is 12.9. The summed E-state index contributed by atoms with van der Waals surface area (Å²) >= 11 is 12.6. The van der Waals surface area contributed by atoms with E-state index in [1.807, 2.05) is 0 Å². The number of carboxylic acids is 1. The number of rotatable bonds is 9. The van der Waals surface area contributed by atoms with E-state index in [0.29, 0.717) is 39.2 Å². The molecular formula is C30H23Cl2F2N7O2. The zero-order chi connectivity index (χ0) is 30.9. The van der Waals surface area contributed by atoms with Gasteiger partial charge in [0.05, 0.1) is 51.0 Å². The quantitative estimate of drug-likeness (QED) is 0.155. The first-order valence-corrected chi connectivity index (χ1v) is 13.6. The lowest BCUT2D eigenvalue weighted by Crippen LogP contribution is -2.30. The van der Waals surface area contributed by atoms with E-state index in [4.69, 9.17) is 23.2 Å². The SMILES string of the molecule is CC(C)(CC(=O)O)n1cc([C@@H](Nc2cc(Cl)c3ncc(C#N)c(Nc4ccc(F)c(Cl)c4)c3c2)c2ccc(F)cc2)nn1. The molecule has 1 atom stereocenters. The molecule has 9 nitrogen and oxygen atoms in total. The van der Waals surface area contributed by atoms with Crippen LogP contribution in [0.25, 0.3) is 10.9 Å². The second kappa shape index (κ2) is 11.8. The van der Waals surface area contributed by atoms with Crippen molar-refractivity contribution in [3.8, 4) is 6.07 Å². The Morgan fingerprint density at radius 1 is 1.09 bits per heavy atom. The normalized spacial score (nSPS) is 12.1. The van der Waals surface area contributed by atoms with Gasteiger partial charge in [-0.25, -0.2) is 13.5 Å². The topological polar surface area (TPSA) is 129 Å². The fraction of sp³-hybridized carbons (Fsp3) is 0.167. The summed E-state index contributed by atoms with van der Waals surface area (Å²) in [6.45, 7) is 3.46. The summed E-state index contributed by atoms with van der Waals surface area (Å²) in [5.41, 5.74) is 2.13. The van der Waals surface area contributed by atoms with Crippen molar-refractivity contribution in [3.63, 3.8) is 0 Å². The average molecular weight is 622 g/mol. The van der Waals surface area contributed by atoms with Crippen LogP contribution in [0.4, 0.5) is 25.8 Å². The lowest BCUT2D eigenvalue weighted by molar-refractivity contribution is -0.139. The number of fused-ring (bicyclic) bond motifs is 1. The third-order valence-electron chi connectivity index (χ3n) is 6.76. The Balaban J connectivity index is 1.60. The number of nitrogens with zero attached hydrogens (tertiary/aromatic N) is 5. The van der Waals surface area contributed by atoms with Gasteiger partial charge in [-0.05, 0) is 61.9 Å². The van der Waals surface area contributed by atoms with Crippen molar-refractivity contribution in [1.29, 1.82) is 5.26 Å². The summed E-state index contributed by atoms with van der Waals surface area (Å²) in [4.78, 5) is 15.8. The van der Waals surface area contributed by atoms with Gasteiger partial charge in [0.2, 0.25) is 0 Å². The van der Waals surface area contributed by atoms with E-state index in [9.17, 15) is 23.9 Å². The number of nitrogens with one attached hydrogen (secondary N) is 2. The van der Waals surface area contributed by atoms with Crippen molar-refractivity contribution in [2.24, 2.45) is 0 Å². The predicted octanol–water partition coefficient (Wildman–Crippen LogP) is 7.44. The number of carboxylic acid groups (broad SMARTS) is 1. The van der Waals surface area contributed by atoms with Crippen LogP contribution < -0.4 is 10.6 Å². The van der Waals surface area contributed by atoms with Gasteiger partial charge in [0.25, 0.3) is 0 Å². The number of aromatic nitrogens is 4. The van der Waals surface area contributed by atoms with E-state index in [2.05, 4.69) is 32.0 Å². The molecule has 0 radical (unpaired) electrons. The van der Waals surface area contributed by atoms with Crippen LogP contribution in [0.15, 0.2) is 67.0 Å². The molecule has 0 spiro atoms. The smallest absolute Gasteiger partial charge is 0.305 e. The molecule has 0 unspecified atom stereocenters. The molecule has 0 aliphatic rings. The number of anilines is 3. The molecule has 3 N–H and O–H groups in total. The minimum atomic E-state index is -0.987. The number of benzene rings is 3. The van der Waals surface area contributed by atoms with Crippen molar-refractivity contribution in [2.75, 3.05) is 10.6 Å². The van der Waals surface area contributed by atoms with E-state index in [0.717, 1.165) is 0 Å². The van der Waals surface area contributed by atoms with Crippen LogP contribution in [-0.2, 0) is 10.3 Å². The van der Waals surface area contributed by atoms with Crippen LogP contribution in [0.5, 0.6) is 0 Å². The van der Waals surface area contributed by atoms with E-state index >= 15 is 0 Å². The maximum atomic E-state index is 13.8. The average Bonchev–Trinajstić information content (AvgIpc) is 3.45. The van der Waals surface area contributed by atoms with Crippen molar-refractivity contribution in [1.82, 2.24) is 20.0 Å². The first-order chi connectivity index (χ1) is 20.4. The number of halogens is 4. The second-order valence-corrected chi connectivity index (χ2v) is 11.2. The standard InChI is InChI=1S/C30H23Cl2F2N7O2/c1-30(2,12-26(42)43)41-15-25(39-40-41)28(16-3-5-18(33)6-4-16)38-20-9-21-27(37-19-7-8-24(34)22(31)10-19)17(13-35)14-36-29(21)23(32)11-20/h3-11,14-15,28,38H,12H2,1-2H3,(H,36,37)(H,42,43)/t28-/m0/s1. The monoisotopic (exact) mass is 621 g/mol. The van der Waals surface area contributed by atoms with Gasteiger partial charge in [0, 0.05) is 23.0 Å². The van der Waals surface area contributed by atoms with E-state index in [1.54, 1.807) is 44.3 Å². The molecule has 3 aromatic carbocycles. The lowest BCUT2D eigenvalue weighted by atomic mass is 10.0. The van der Waals surface area contributed by atoms with Gasteiger partial charge >= 0.3 is 5.97 Å². The van der Waals surface area contributed by atoms with Gasteiger partial charge in [-0.3, -0.25) is 9.78 Å². The minimum absolute atomic E-state index is 0.0935. The van der Waals surface area contributed by atoms with Crippen LogP contribution in [-0.4, -0.2) is 31.1 Å². The summed E-state index contributed by atoms with van der Waals surface area (Å²) in [5.74, 6) is -2.00. The van der Waals surface area contributed by atoms with Gasteiger partial charge < -0.3 is 15.7 Å². The Morgan fingerprint density at radius 3 is 2.49 bits per heavy atom. The summed E-state index contributed by atoms with van der Waals surface area (Å²) in [5, 5.41) is 34.8. The molecule has 0 saturated heterocycles. The fourth-order valence-electron chi connectivity index (χ4n) is 4.59. The Hall–Kier alpha value is -4.79. The highest BCUT2D eigenvalue weighted by molar-refractivity contribution is 6.36. The Bertz CT molecular complexity index is 1890. The highest BCUT2D eigenvalue weighted by Crippen LogP contribution is 2.37. The van der Waals surface area contributed by atoms with E-state index in [-0.39, 0.29) is 22.0 Å². The molecule has 0 fully saturated rings. The zero-order valence-corrected chi connectivity index (χ0v) is 24.3. The number of aliphatic carboxylic acids is 1. The second-order valence-electron chi connectivity index (χ2n) is 10.4. The van der Waals surface area contributed by atoms with Crippen molar-refractivity contribution in [2.45, 2.75) is 31.8 Å².